The zero-order valence-electron chi connectivity index (χ0n) is 18.6. The standard InChI is InChI=1S/C27H19BrFN3O3/c1-34-25-13-19(15-31-32-27(33)22-9-7-17(14-30)12-24(22)29)11-23(28)26(25)35-16-18-6-8-20-4-2-3-5-21(20)10-18/h2-13,15H,16H2,1H3,(H,32,33)/b31-15-. The fourth-order valence-electron chi connectivity index (χ4n) is 3.43. The molecule has 0 radical (unpaired) electrons. The van der Waals surface area contributed by atoms with E-state index < -0.39 is 11.7 Å². The fourth-order valence-corrected chi connectivity index (χ4v) is 4.01. The van der Waals surface area contributed by atoms with E-state index in [1.807, 2.05) is 24.3 Å². The second-order valence-electron chi connectivity index (χ2n) is 7.51. The predicted octanol–water partition coefficient (Wildman–Crippen LogP) is 5.96. The van der Waals surface area contributed by atoms with E-state index in [1.54, 1.807) is 12.1 Å². The van der Waals surface area contributed by atoms with Gasteiger partial charge in [0, 0.05) is 0 Å². The number of halogens is 2. The summed E-state index contributed by atoms with van der Waals surface area (Å²) in [5, 5.41) is 15.0. The molecular weight excluding hydrogens is 513 g/mol. The van der Waals surface area contributed by atoms with Crippen molar-refractivity contribution in [2.24, 2.45) is 5.10 Å². The van der Waals surface area contributed by atoms with Crippen molar-refractivity contribution < 1.29 is 18.7 Å². The van der Waals surface area contributed by atoms with Gasteiger partial charge >= 0.3 is 0 Å². The second kappa shape index (κ2) is 10.8. The van der Waals surface area contributed by atoms with Crippen LogP contribution in [-0.4, -0.2) is 19.2 Å². The topological polar surface area (TPSA) is 83.7 Å². The van der Waals surface area contributed by atoms with Crippen molar-refractivity contribution in [3.8, 4) is 17.6 Å². The first-order chi connectivity index (χ1) is 17.0. The van der Waals surface area contributed by atoms with Gasteiger partial charge in [-0.05, 0) is 74.2 Å². The SMILES string of the molecule is COc1cc(/C=N\NC(=O)c2ccc(C#N)cc2F)cc(Br)c1OCc1ccc2ccccc2c1. The highest BCUT2D eigenvalue weighted by Crippen LogP contribution is 2.37. The number of benzene rings is 4. The van der Waals surface area contributed by atoms with Gasteiger partial charge in [-0.1, -0.05) is 36.4 Å². The lowest BCUT2D eigenvalue weighted by Crippen LogP contribution is -2.19. The molecule has 1 N–H and O–H groups in total. The third-order valence-electron chi connectivity index (χ3n) is 5.17. The zero-order chi connectivity index (χ0) is 24.8. The third-order valence-corrected chi connectivity index (χ3v) is 5.76. The van der Waals surface area contributed by atoms with Crippen LogP contribution < -0.4 is 14.9 Å². The van der Waals surface area contributed by atoms with E-state index in [-0.39, 0.29) is 11.1 Å². The van der Waals surface area contributed by atoms with Crippen molar-refractivity contribution in [2.45, 2.75) is 6.61 Å². The molecule has 0 heterocycles. The highest BCUT2D eigenvalue weighted by atomic mass is 79.9. The van der Waals surface area contributed by atoms with Gasteiger partial charge in [0.05, 0.1) is 35.0 Å². The Balaban J connectivity index is 1.45. The van der Waals surface area contributed by atoms with E-state index >= 15 is 0 Å². The Kier molecular flexibility index (Phi) is 7.38. The molecule has 35 heavy (non-hydrogen) atoms. The van der Waals surface area contributed by atoms with Crippen molar-refractivity contribution in [3.05, 3.63) is 105 Å². The lowest BCUT2D eigenvalue weighted by Gasteiger charge is -2.14. The van der Waals surface area contributed by atoms with Gasteiger partial charge in [-0.3, -0.25) is 4.79 Å². The molecule has 0 atom stereocenters. The van der Waals surface area contributed by atoms with Crippen LogP contribution in [0.2, 0.25) is 0 Å². The Bertz CT molecular complexity index is 1480. The molecule has 0 saturated carbocycles. The number of hydrazone groups is 1. The number of nitrogens with one attached hydrogen (secondary N) is 1. The molecule has 8 heteroatoms. The Morgan fingerprint density at radius 2 is 1.91 bits per heavy atom. The first kappa shape index (κ1) is 23.9. The van der Waals surface area contributed by atoms with Gasteiger partial charge < -0.3 is 9.47 Å². The lowest BCUT2D eigenvalue weighted by molar-refractivity contribution is 0.0951. The number of methoxy groups -OCH3 is 1. The molecule has 0 aromatic heterocycles. The minimum atomic E-state index is -0.797. The molecule has 0 aliphatic heterocycles. The summed E-state index contributed by atoms with van der Waals surface area (Å²) in [4.78, 5) is 12.2. The van der Waals surface area contributed by atoms with Crippen LogP contribution in [0, 0.1) is 17.1 Å². The van der Waals surface area contributed by atoms with Gasteiger partial charge in [0.25, 0.3) is 5.91 Å². The minimum Gasteiger partial charge on any atom is -0.493 e. The summed E-state index contributed by atoms with van der Waals surface area (Å²) in [6.45, 7) is 0.347. The third kappa shape index (κ3) is 5.65. The first-order valence-electron chi connectivity index (χ1n) is 10.5. The maximum Gasteiger partial charge on any atom is 0.274 e. The highest BCUT2D eigenvalue weighted by molar-refractivity contribution is 9.10. The number of ether oxygens (including phenoxy) is 2. The Labute approximate surface area is 209 Å². The van der Waals surface area contributed by atoms with Crippen LogP contribution in [0.3, 0.4) is 0 Å². The summed E-state index contributed by atoms with van der Waals surface area (Å²) in [5.41, 5.74) is 3.83. The molecule has 0 saturated heterocycles. The number of rotatable bonds is 7. The fraction of sp³-hybridized carbons (Fsp3) is 0.0741. The summed E-state index contributed by atoms with van der Waals surface area (Å²) in [6, 6.07) is 23.1. The largest absolute Gasteiger partial charge is 0.493 e. The lowest BCUT2D eigenvalue weighted by atomic mass is 10.1. The number of amides is 1. The van der Waals surface area contributed by atoms with E-state index in [1.165, 1.54) is 25.5 Å². The summed E-state index contributed by atoms with van der Waals surface area (Å²) >= 11 is 3.50. The number of carbonyl (C=O) groups is 1. The maximum atomic E-state index is 14.0. The molecule has 0 aliphatic rings. The predicted molar refractivity (Wildman–Crippen MR) is 135 cm³/mol. The van der Waals surface area contributed by atoms with Gasteiger partial charge in [0.2, 0.25) is 0 Å². The van der Waals surface area contributed by atoms with Gasteiger partial charge in [-0.15, -0.1) is 0 Å². The average Bonchev–Trinajstić information content (AvgIpc) is 2.87. The van der Waals surface area contributed by atoms with Crippen LogP contribution in [0.15, 0.2) is 82.4 Å². The number of hydrogen-bond donors (Lipinski definition) is 1. The smallest absolute Gasteiger partial charge is 0.274 e. The molecule has 0 spiro atoms. The Morgan fingerprint density at radius 3 is 2.66 bits per heavy atom. The normalized spacial score (nSPS) is 10.8. The summed E-state index contributed by atoms with van der Waals surface area (Å²) in [5.74, 6) is -0.522. The van der Waals surface area contributed by atoms with E-state index in [0.717, 1.165) is 22.4 Å². The van der Waals surface area contributed by atoms with E-state index in [0.29, 0.717) is 28.1 Å². The van der Waals surface area contributed by atoms with Crippen molar-refractivity contribution in [1.82, 2.24) is 5.43 Å². The average molecular weight is 532 g/mol. The van der Waals surface area contributed by atoms with Crippen LogP contribution >= 0.6 is 15.9 Å². The van der Waals surface area contributed by atoms with Crippen molar-refractivity contribution in [2.75, 3.05) is 7.11 Å². The van der Waals surface area contributed by atoms with Crippen molar-refractivity contribution in [1.29, 1.82) is 5.26 Å². The van der Waals surface area contributed by atoms with Crippen LogP contribution in [0.4, 0.5) is 4.39 Å². The van der Waals surface area contributed by atoms with Gasteiger partial charge in [-0.2, -0.15) is 10.4 Å². The highest BCUT2D eigenvalue weighted by Gasteiger charge is 2.13. The Hall–Kier alpha value is -4.22. The summed E-state index contributed by atoms with van der Waals surface area (Å²) < 4.78 is 26.2. The molecule has 4 aromatic carbocycles. The quantitative estimate of drug-likeness (QED) is 0.235. The number of nitrogens with zero attached hydrogens (tertiary/aromatic N) is 2. The summed E-state index contributed by atoms with van der Waals surface area (Å²) in [7, 11) is 1.53. The molecule has 6 nitrogen and oxygen atoms in total. The van der Waals surface area contributed by atoms with Crippen LogP contribution in [-0.2, 0) is 6.61 Å². The van der Waals surface area contributed by atoms with E-state index in [4.69, 9.17) is 14.7 Å². The first-order valence-corrected chi connectivity index (χ1v) is 11.3. The minimum absolute atomic E-state index is 0.127. The molecule has 0 bridgehead atoms. The molecule has 0 unspecified atom stereocenters. The molecule has 0 fully saturated rings. The molecule has 0 aliphatic carbocycles. The van der Waals surface area contributed by atoms with Gasteiger partial charge in [0.1, 0.15) is 12.4 Å². The molecular formula is C27H19BrFN3O3. The maximum absolute atomic E-state index is 14.0. The molecule has 1 amide bonds. The summed E-state index contributed by atoms with van der Waals surface area (Å²) in [6.07, 6.45) is 1.40. The molecule has 4 aromatic rings. The Morgan fingerprint density at radius 1 is 1.11 bits per heavy atom. The second-order valence-corrected chi connectivity index (χ2v) is 8.36. The monoisotopic (exact) mass is 531 g/mol. The number of fused-ring (bicyclic) bond motifs is 1. The van der Waals surface area contributed by atoms with Gasteiger partial charge in [-0.25, -0.2) is 9.82 Å². The number of carbonyl (C=O) groups excluding carboxylic acids is 1. The van der Waals surface area contributed by atoms with E-state index in [2.05, 4.69) is 50.7 Å². The molecule has 174 valence electrons. The molecule has 4 rings (SSSR count). The van der Waals surface area contributed by atoms with Crippen LogP contribution in [0.5, 0.6) is 11.5 Å². The number of hydrogen-bond acceptors (Lipinski definition) is 5. The van der Waals surface area contributed by atoms with Crippen molar-refractivity contribution >= 4 is 38.8 Å². The van der Waals surface area contributed by atoms with Crippen LogP contribution in [0.1, 0.15) is 27.0 Å². The van der Waals surface area contributed by atoms with E-state index in [9.17, 15) is 9.18 Å². The van der Waals surface area contributed by atoms with Gasteiger partial charge in [0.15, 0.2) is 11.5 Å². The number of nitriles is 1. The zero-order valence-corrected chi connectivity index (χ0v) is 20.2. The van der Waals surface area contributed by atoms with Crippen molar-refractivity contribution in [3.63, 3.8) is 0 Å². The van der Waals surface area contributed by atoms with Crippen LogP contribution in [0.25, 0.3) is 10.8 Å².